The van der Waals surface area contributed by atoms with E-state index in [0.717, 1.165) is 11.8 Å². The molecule has 0 unspecified atom stereocenters. The number of pyridine rings is 1. The average Bonchev–Trinajstić information content (AvgIpc) is 2.69. The lowest BCUT2D eigenvalue weighted by atomic mass is 10.2. The van der Waals surface area contributed by atoms with E-state index in [0.29, 0.717) is 36.7 Å². The first-order valence-corrected chi connectivity index (χ1v) is 10.2. The summed E-state index contributed by atoms with van der Waals surface area (Å²) in [5, 5.41) is 16.1. The number of anilines is 1. The Morgan fingerprint density at radius 2 is 1.97 bits per heavy atom. The van der Waals surface area contributed by atoms with Gasteiger partial charge in [0.25, 0.3) is 5.69 Å². The van der Waals surface area contributed by atoms with Crippen LogP contribution in [0.4, 0.5) is 11.5 Å². The van der Waals surface area contributed by atoms with Crippen LogP contribution in [0.1, 0.15) is 11.1 Å². The molecule has 0 aliphatic heterocycles. The third-order valence-electron chi connectivity index (χ3n) is 3.76. The zero-order chi connectivity index (χ0) is 21.7. The maximum Gasteiger partial charge on any atom is 0.287 e. The zero-order valence-electron chi connectivity index (χ0n) is 15.0. The summed E-state index contributed by atoms with van der Waals surface area (Å²) in [6.45, 7) is 0.217. The highest BCUT2D eigenvalue weighted by Gasteiger charge is 2.11. The first-order valence-electron chi connectivity index (χ1n) is 8.29. The zero-order valence-corrected chi connectivity index (χ0v) is 18.8. The molecule has 0 aliphatic rings. The summed E-state index contributed by atoms with van der Waals surface area (Å²) < 4.78 is 6.44. The molecule has 0 fully saturated rings. The number of halogens is 4. The summed E-state index contributed by atoms with van der Waals surface area (Å²) in [5.41, 5.74) is 4.06. The summed E-state index contributed by atoms with van der Waals surface area (Å²) >= 11 is 21.8. The van der Waals surface area contributed by atoms with Gasteiger partial charge in [0, 0.05) is 21.7 Å². The van der Waals surface area contributed by atoms with Gasteiger partial charge in [-0.05, 0) is 51.8 Å². The summed E-state index contributed by atoms with van der Waals surface area (Å²) in [4.78, 5) is 14.0. The summed E-state index contributed by atoms with van der Waals surface area (Å²) in [6, 6.07) is 11.4. The third-order valence-corrected chi connectivity index (χ3v) is 5.22. The highest BCUT2D eigenvalue weighted by molar-refractivity contribution is 9.10. The molecule has 0 saturated carbocycles. The largest absolute Gasteiger partial charge is 0.486 e. The normalized spacial score (nSPS) is 10.9. The summed E-state index contributed by atoms with van der Waals surface area (Å²) in [7, 11) is 0. The van der Waals surface area contributed by atoms with E-state index in [4.69, 9.17) is 39.5 Å². The van der Waals surface area contributed by atoms with Gasteiger partial charge in [0.05, 0.1) is 20.6 Å². The highest BCUT2D eigenvalue weighted by atomic mass is 79.9. The smallest absolute Gasteiger partial charge is 0.287 e. The van der Waals surface area contributed by atoms with Crippen molar-refractivity contribution in [2.24, 2.45) is 5.10 Å². The molecule has 0 radical (unpaired) electrons. The van der Waals surface area contributed by atoms with Crippen LogP contribution in [0.3, 0.4) is 0 Å². The van der Waals surface area contributed by atoms with Crippen LogP contribution < -0.4 is 10.2 Å². The Bertz CT molecular complexity index is 1090. The van der Waals surface area contributed by atoms with Crippen LogP contribution >= 0.6 is 50.7 Å². The maximum absolute atomic E-state index is 10.6. The molecule has 11 heteroatoms. The third kappa shape index (κ3) is 5.82. The standard InChI is InChI=1S/C19H12BrCl3N4O3/c20-15-5-11(8-25-26-18-4-3-14(9-24-18)27(28)29)6-17(23)19(15)30-10-12-1-2-13(21)7-16(12)22/h1-9H,10H2,(H,24,26). The fraction of sp³-hybridized carbons (Fsp3) is 0.0526. The molecular formula is C19H12BrCl3N4O3. The topological polar surface area (TPSA) is 89.7 Å². The van der Waals surface area contributed by atoms with E-state index in [1.807, 2.05) is 0 Å². The van der Waals surface area contributed by atoms with Gasteiger partial charge < -0.3 is 4.74 Å². The molecule has 1 heterocycles. The number of rotatable bonds is 7. The van der Waals surface area contributed by atoms with Gasteiger partial charge in [-0.15, -0.1) is 0 Å². The quantitative estimate of drug-likeness (QED) is 0.208. The maximum atomic E-state index is 10.6. The van der Waals surface area contributed by atoms with Crippen molar-refractivity contribution in [2.45, 2.75) is 6.61 Å². The number of hydrazone groups is 1. The molecule has 0 saturated heterocycles. The van der Waals surface area contributed by atoms with E-state index in [9.17, 15) is 10.1 Å². The minimum absolute atomic E-state index is 0.101. The molecule has 0 atom stereocenters. The van der Waals surface area contributed by atoms with Crippen LogP contribution in [0.5, 0.6) is 5.75 Å². The first-order chi connectivity index (χ1) is 14.3. The molecule has 0 bridgehead atoms. The van der Waals surface area contributed by atoms with Crippen molar-refractivity contribution in [2.75, 3.05) is 5.43 Å². The van der Waals surface area contributed by atoms with Crippen molar-refractivity contribution in [3.63, 3.8) is 0 Å². The second-order valence-electron chi connectivity index (χ2n) is 5.87. The van der Waals surface area contributed by atoms with Crippen LogP contribution in [0.25, 0.3) is 0 Å². The molecule has 0 amide bonds. The lowest BCUT2D eigenvalue weighted by Gasteiger charge is -2.12. The van der Waals surface area contributed by atoms with Crippen LogP contribution in [-0.4, -0.2) is 16.1 Å². The fourth-order valence-corrected chi connectivity index (χ4v) is 3.77. The Hall–Kier alpha value is -2.39. The van der Waals surface area contributed by atoms with Gasteiger partial charge in [0.2, 0.25) is 0 Å². The Morgan fingerprint density at radius 1 is 1.17 bits per heavy atom. The molecule has 0 spiro atoms. The van der Waals surface area contributed by atoms with Crippen LogP contribution in [0, 0.1) is 10.1 Å². The number of ether oxygens (including phenoxy) is 1. The molecule has 1 N–H and O–H groups in total. The first kappa shape index (κ1) is 22.3. The van der Waals surface area contributed by atoms with E-state index in [1.54, 1.807) is 30.3 Å². The van der Waals surface area contributed by atoms with E-state index in [-0.39, 0.29) is 12.3 Å². The Kier molecular flexibility index (Phi) is 7.49. The number of nitrogens with zero attached hydrogens (tertiary/aromatic N) is 3. The molecule has 0 aliphatic carbocycles. The van der Waals surface area contributed by atoms with Gasteiger partial charge in [-0.1, -0.05) is 40.9 Å². The van der Waals surface area contributed by atoms with Crippen molar-refractivity contribution >= 4 is 68.5 Å². The Morgan fingerprint density at radius 3 is 2.60 bits per heavy atom. The van der Waals surface area contributed by atoms with Gasteiger partial charge in [0.15, 0.2) is 5.75 Å². The van der Waals surface area contributed by atoms with Crippen LogP contribution in [0.15, 0.2) is 58.2 Å². The number of hydrogen-bond acceptors (Lipinski definition) is 6. The predicted molar refractivity (Wildman–Crippen MR) is 122 cm³/mol. The van der Waals surface area contributed by atoms with Gasteiger partial charge in [-0.3, -0.25) is 15.5 Å². The summed E-state index contributed by atoms with van der Waals surface area (Å²) in [5.74, 6) is 0.826. The molecule has 1 aromatic heterocycles. The predicted octanol–water partition coefficient (Wildman–Crippen LogP) is 6.74. The van der Waals surface area contributed by atoms with Crippen molar-refractivity contribution < 1.29 is 9.66 Å². The van der Waals surface area contributed by atoms with Crippen molar-refractivity contribution in [3.05, 3.63) is 89.4 Å². The fourth-order valence-electron chi connectivity index (χ4n) is 2.31. The van der Waals surface area contributed by atoms with Gasteiger partial charge in [-0.25, -0.2) is 4.98 Å². The monoisotopic (exact) mass is 528 g/mol. The summed E-state index contributed by atoms with van der Waals surface area (Å²) in [6.07, 6.45) is 2.67. The molecule has 2 aromatic carbocycles. The average molecular weight is 531 g/mol. The number of benzene rings is 2. The molecule has 30 heavy (non-hydrogen) atoms. The van der Waals surface area contributed by atoms with Gasteiger partial charge in [-0.2, -0.15) is 5.10 Å². The number of aromatic nitrogens is 1. The molecule has 3 rings (SSSR count). The van der Waals surface area contributed by atoms with Crippen LogP contribution in [-0.2, 0) is 6.61 Å². The molecule has 7 nitrogen and oxygen atoms in total. The number of nitro groups is 1. The van der Waals surface area contributed by atoms with Crippen molar-refractivity contribution in [1.29, 1.82) is 0 Å². The van der Waals surface area contributed by atoms with E-state index >= 15 is 0 Å². The molecular weight excluding hydrogens is 518 g/mol. The molecule has 3 aromatic rings. The van der Waals surface area contributed by atoms with Gasteiger partial charge in [0.1, 0.15) is 18.6 Å². The Labute approximate surface area is 194 Å². The number of hydrogen-bond donors (Lipinski definition) is 1. The minimum Gasteiger partial charge on any atom is -0.486 e. The Balaban J connectivity index is 1.66. The SMILES string of the molecule is O=[N+]([O-])c1ccc(NN=Cc2cc(Cl)c(OCc3ccc(Cl)cc3Cl)c(Br)c2)nc1. The van der Waals surface area contributed by atoms with Crippen LogP contribution in [0.2, 0.25) is 15.1 Å². The van der Waals surface area contributed by atoms with E-state index < -0.39 is 4.92 Å². The minimum atomic E-state index is -0.524. The van der Waals surface area contributed by atoms with Crippen molar-refractivity contribution in [3.8, 4) is 5.75 Å². The van der Waals surface area contributed by atoms with E-state index in [1.165, 1.54) is 18.3 Å². The van der Waals surface area contributed by atoms with E-state index in [2.05, 4.69) is 31.4 Å². The lowest BCUT2D eigenvalue weighted by Crippen LogP contribution is -1.99. The lowest BCUT2D eigenvalue weighted by molar-refractivity contribution is -0.385. The van der Waals surface area contributed by atoms with Crippen molar-refractivity contribution in [1.82, 2.24) is 4.98 Å². The second kappa shape index (κ2) is 10.1. The second-order valence-corrected chi connectivity index (χ2v) is 7.97. The van der Waals surface area contributed by atoms with Gasteiger partial charge >= 0.3 is 0 Å². The molecule has 154 valence electrons. The number of nitrogens with one attached hydrogen (secondary N) is 1. The highest BCUT2D eigenvalue weighted by Crippen LogP contribution is 2.35.